The Morgan fingerprint density at radius 2 is 2.18 bits per heavy atom. The van der Waals surface area contributed by atoms with Gasteiger partial charge in [0.1, 0.15) is 0 Å². The van der Waals surface area contributed by atoms with Gasteiger partial charge in [-0.05, 0) is 13.8 Å². The van der Waals surface area contributed by atoms with E-state index in [0.717, 1.165) is 0 Å². The number of carbonyl (C=O) groups excluding carboxylic acids is 1. The van der Waals surface area contributed by atoms with E-state index in [1.54, 1.807) is 13.0 Å². The molecule has 0 aliphatic heterocycles. The van der Waals surface area contributed by atoms with E-state index < -0.39 is 22.7 Å². The van der Waals surface area contributed by atoms with Crippen molar-refractivity contribution in [3.8, 4) is 0 Å². The molecule has 0 bridgehead atoms. The fourth-order valence-electron chi connectivity index (χ4n) is 1.34. The van der Waals surface area contributed by atoms with Crippen molar-refractivity contribution in [3.05, 3.63) is 40.8 Å². The lowest BCUT2D eigenvalue weighted by Gasteiger charge is -2.24. The van der Waals surface area contributed by atoms with E-state index >= 15 is 0 Å². The first-order chi connectivity index (χ1) is 8.02. The lowest BCUT2D eigenvalue weighted by molar-refractivity contribution is -0.604. The molecule has 0 saturated carbocycles. The number of rotatable bonds is 5. The van der Waals surface area contributed by atoms with E-state index in [2.05, 4.69) is 0 Å². The molecule has 6 heteroatoms. The molecule has 6 nitrogen and oxygen atoms in total. The van der Waals surface area contributed by atoms with Crippen LogP contribution in [0.1, 0.15) is 13.8 Å². The molecule has 93 valence electrons. The van der Waals surface area contributed by atoms with Gasteiger partial charge in [-0.2, -0.15) is 0 Å². The Bertz CT molecular complexity index is 363. The molecule has 0 aromatic carbocycles. The van der Waals surface area contributed by atoms with Gasteiger partial charge < -0.3 is 4.74 Å². The maximum Gasteiger partial charge on any atom is 0.352 e. The molecular weight excluding hydrogens is 226 g/mol. The number of allylic oxidation sites excluding steroid dienone is 2. The van der Waals surface area contributed by atoms with Crippen LogP contribution in [-0.4, -0.2) is 29.3 Å². The summed E-state index contributed by atoms with van der Waals surface area (Å²) in [7, 11) is 0. The molecule has 0 N–H and O–H groups in total. The van der Waals surface area contributed by atoms with Gasteiger partial charge in [-0.15, -0.1) is 0 Å². The van der Waals surface area contributed by atoms with Crippen molar-refractivity contribution in [2.45, 2.75) is 25.7 Å². The highest BCUT2D eigenvalue weighted by Crippen LogP contribution is 2.24. The maximum atomic E-state index is 11.4. The number of nitro groups is 1. The van der Waals surface area contributed by atoms with Crippen LogP contribution in [0.2, 0.25) is 0 Å². The second-order valence-corrected chi connectivity index (χ2v) is 3.43. The highest BCUT2D eigenvalue weighted by atomic mass is 16.7. The fraction of sp³-hybridized carbons (Fsp3) is 0.455. The monoisotopic (exact) mass is 240 g/mol. The highest BCUT2D eigenvalue weighted by molar-refractivity contribution is 5.74. The van der Waals surface area contributed by atoms with Crippen LogP contribution < -0.4 is 0 Å². The quantitative estimate of drug-likeness (QED) is 0.313. The summed E-state index contributed by atoms with van der Waals surface area (Å²) in [5.41, 5.74) is -1.79. The second kappa shape index (κ2) is 5.58. The van der Waals surface area contributed by atoms with Crippen LogP contribution in [0.4, 0.5) is 0 Å². The van der Waals surface area contributed by atoms with Gasteiger partial charge in [0.25, 0.3) is 0 Å². The van der Waals surface area contributed by atoms with Gasteiger partial charge in [0.05, 0.1) is 18.0 Å². The molecule has 0 spiro atoms. The minimum atomic E-state index is -1.79. The summed E-state index contributed by atoms with van der Waals surface area (Å²) >= 11 is 0. The molecule has 0 saturated heterocycles. The van der Waals surface area contributed by atoms with Crippen LogP contribution in [-0.2, 0) is 14.3 Å². The second-order valence-electron chi connectivity index (χ2n) is 3.43. The molecule has 1 radical (unpaired) electrons. The molecule has 0 amide bonds. The molecule has 2 atom stereocenters. The molecule has 17 heavy (non-hydrogen) atoms. The average molecular weight is 240 g/mol. The van der Waals surface area contributed by atoms with Crippen LogP contribution in [0.15, 0.2) is 24.3 Å². The number of hydrogen-bond donors (Lipinski definition) is 0. The normalized spacial score (nSPS) is 24.4. The standard InChI is InChI=1S/C11H14NO5/c1-3-16-10(13)9(2)17-11(12(14)15)7-5-4-6-8-11/h4-9H,3H2,1-2H3. The van der Waals surface area contributed by atoms with Gasteiger partial charge >= 0.3 is 11.7 Å². The molecule has 0 aromatic heterocycles. The van der Waals surface area contributed by atoms with Crippen molar-refractivity contribution < 1.29 is 19.2 Å². The predicted octanol–water partition coefficient (Wildman–Crippen LogP) is 1.26. The van der Waals surface area contributed by atoms with Crippen LogP contribution in [0.3, 0.4) is 0 Å². The first-order valence-electron chi connectivity index (χ1n) is 5.21. The lowest BCUT2D eigenvalue weighted by atomic mass is 10.1. The first kappa shape index (κ1) is 13.4. The molecule has 2 unspecified atom stereocenters. The van der Waals surface area contributed by atoms with E-state index in [9.17, 15) is 14.9 Å². The summed E-state index contributed by atoms with van der Waals surface area (Å²) in [6, 6.07) is 0. The zero-order valence-electron chi connectivity index (χ0n) is 9.66. The Morgan fingerprint density at radius 3 is 2.65 bits per heavy atom. The maximum absolute atomic E-state index is 11.4. The van der Waals surface area contributed by atoms with Crippen LogP contribution in [0, 0.1) is 16.5 Å². The number of carbonyl (C=O) groups is 1. The minimum Gasteiger partial charge on any atom is -0.464 e. The van der Waals surface area contributed by atoms with Gasteiger partial charge in [-0.3, -0.25) is 14.9 Å². The minimum absolute atomic E-state index is 0.206. The Morgan fingerprint density at radius 1 is 1.47 bits per heavy atom. The Hall–Kier alpha value is -1.69. The Kier molecular flexibility index (Phi) is 4.39. The van der Waals surface area contributed by atoms with E-state index in [1.807, 2.05) is 0 Å². The largest absolute Gasteiger partial charge is 0.464 e. The van der Waals surface area contributed by atoms with Crippen LogP contribution >= 0.6 is 0 Å². The van der Waals surface area contributed by atoms with Crippen molar-refractivity contribution in [1.29, 1.82) is 0 Å². The third-order valence-electron chi connectivity index (χ3n) is 2.16. The molecule has 1 aliphatic carbocycles. The van der Waals surface area contributed by atoms with E-state index in [4.69, 9.17) is 9.47 Å². The van der Waals surface area contributed by atoms with Crippen molar-refractivity contribution >= 4 is 5.97 Å². The molecular formula is C11H14NO5. The molecule has 1 rings (SSSR count). The number of nitrogens with zero attached hydrogens (tertiary/aromatic N) is 1. The van der Waals surface area contributed by atoms with E-state index in [-0.39, 0.29) is 6.61 Å². The predicted molar refractivity (Wildman–Crippen MR) is 59.5 cm³/mol. The Labute approximate surface area is 99.0 Å². The molecule has 0 aromatic rings. The third kappa shape index (κ3) is 3.13. The van der Waals surface area contributed by atoms with Crippen molar-refractivity contribution in [2.75, 3.05) is 6.61 Å². The fourth-order valence-corrected chi connectivity index (χ4v) is 1.34. The smallest absolute Gasteiger partial charge is 0.352 e. The summed E-state index contributed by atoms with van der Waals surface area (Å²) in [4.78, 5) is 21.8. The van der Waals surface area contributed by atoms with Gasteiger partial charge in [0.15, 0.2) is 6.10 Å². The zero-order chi connectivity index (χ0) is 12.9. The summed E-state index contributed by atoms with van der Waals surface area (Å²) in [5.74, 6) is -0.620. The van der Waals surface area contributed by atoms with Crippen molar-refractivity contribution in [1.82, 2.24) is 0 Å². The van der Waals surface area contributed by atoms with Gasteiger partial charge in [0, 0.05) is 6.08 Å². The first-order valence-corrected chi connectivity index (χ1v) is 5.21. The Balaban J connectivity index is 2.75. The van der Waals surface area contributed by atoms with Crippen LogP contribution in [0.25, 0.3) is 0 Å². The summed E-state index contributed by atoms with van der Waals surface area (Å²) in [6.07, 6.45) is 6.19. The number of ether oxygens (including phenoxy) is 2. The molecule has 0 fully saturated rings. The van der Waals surface area contributed by atoms with E-state index in [0.29, 0.717) is 0 Å². The summed E-state index contributed by atoms with van der Waals surface area (Å²) in [6.45, 7) is 3.28. The SMILES string of the molecule is CCOC(=O)C(C)OC1([N+](=O)[O-])[CH]C=CC=C1. The number of esters is 1. The highest BCUT2D eigenvalue weighted by Gasteiger charge is 2.44. The van der Waals surface area contributed by atoms with Gasteiger partial charge in [0.2, 0.25) is 0 Å². The summed E-state index contributed by atoms with van der Waals surface area (Å²) in [5, 5.41) is 11.0. The van der Waals surface area contributed by atoms with Crippen molar-refractivity contribution in [2.24, 2.45) is 0 Å². The number of hydrogen-bond acceptors (Lipinski definition) is 5. The van der Waals surface area contributed by atoms with Crippen LogP contribution in [0.5, 0.6) is 0 Å². The zero-order valence-corrected chi connectivity index (χ0v) is 9.66. The lowest BCUT2D eigenvalue weighted by Crippen LogP contribution is -2.45. The molecule has 0 heterocycles. The molecule has 1 aliphatic rings. The van der Waals surface area contributed by atoms with Crippen molar-refractivity contribution in [3.63, 3.8) is 0 Å². The average Bonchev–Trinajstić information content (AvgIpc) is 2.30. The van der Waals surface area contributed by atoms with Gasteiger partial charge in [-0.25, -0.2) is 4.79 Å². The third-order valence-corrected chi connectivity index (χ3v) is 2.16. The summed E-state index contributed by atoms with van der Waals surface area (Å²) < 4.78 is 9.91. The van der Waals surface area contributed by atoms with E-state index in [1.165, 1.54) is 31.6 Å². The topological polar surface area (TPSA) is 78.7 Å². The van der Waals surface area contributed by atoms with Gasteiger partial charge in [-0.1, -0.05) is 18.2 Å².